The molecule has 4 N–H and O–H groups in total. The van der Waals surface area contributed by atoms with Crippen LogP contribution in [-0.4, -0.2) is 47.9 Å². The fourth-order valence-electron chi connectivity index (χ4n) is 3.39. The second-order valence-electron chi connectivity index (χ2n) is 9.74. The van der Waals surface area contributed by atoms with Crippen molar-refractivity contribution in [3.63, 3.8) is 0 Å². The highest BCUT2D eigenvalue weighted by Gasteiger charge is 2.84. The summed E-state index contributed by atoms with van der Waals surface area (Å²) < 4.78 is 296. The SMILES string of the molecule is Nc1cc(Cc2ccc(OC(F)=C(F)C(F)(F)C(F)(F)C(F)(F)C(F)(F)F)c(N)c2)ccc1OC(F)=C(F)C(F)(F)C(F)(F)C(F)(F)C(F)(F)F. The number of benzene rings is 2. The third kappa shape index (κ3) is 7.48. The molecule has 0 aliphatic heterocycles. The zero-order valence-corrected chi connectivity index (χ0v) is 23.5. The molecule has 288 valence electrons. The van der Waals surface area contributed by atoms with Crippen molar-refractivity contribution < 1.29 is 106 Å². The van der Waals surface area contributed by atoms with E-state index in [1.807, 2.05) is 0 Å². The van der Waals surface area contributed by atoms with Crippen LogP contribution in [0, 0.1) is 0 Å². The van der Waals surface area contributed by atoms with Crippen molar-refractivity contribution in [2.75, 3.05) is 11.5 Å². The minimum atomic E-state index is -7.59. The van der Waals surface area contributed by atoms with Crippen LogP contribution in [0.4, 0.5) is 108 Å². The Bertz CT molecular complexity index is 1550. The molecule has 0 heterocycles. The summed E-state index contributed by atoms with van der Waals surface area (Å²) in [5.41, 5.74) is 8.84. The van der Waals surface area contributed by atoms with Gasteiger partial charge in [-0.05, 0) is 41.8 Å². The molecule has 2 rings (SSSR count). The number of halogens is 22. The quantitative estimate of drug-likeness (QED) is 0.128. The summed E-state index contributed by atoms with van der Waals surface area (Å²) in [5.74, 6) is -55.5. The Hall–Kier alpha value is -4.42. The summed E-state index contributed by atoms with van der Waals surface area (Å²) in [6.07, 6.45) is -15.2. The molecular weight excluding hydrogens is 778 g/mol. The van der Waals surface area contributed by atoms with Gasteiger partial charge in [0.2, 0.25) is 11.7 Å². The monoisotopic (exact) mass is 790 g/mol. The Morgan fingerprint density at radius 1 is 0.451 bits per heavy atom. The molecule has 0 fully saturated rings. The highest BCUT2D eigenvalue weighted by Crippen LogP contribution is 2.57. The van der Waals surface area contributed by atoms with Crippen molar-refractivity contribution in [1.82, 2.24) is 0 Å². The van der Waals surface area contributed by atoms with E-state index >= 15 is 0 Å². The van der Waals surface area contributed by atoms with Gasteiger partial charge in [-0.3, -0.25) is 0 Å². The number of nitrogen functional groups attached to an aromatic ring is 2. The minimum Gasteiger partial charge on any atom is -0.427 e. The first-order valence-electron chi connectivity index (χ1n) is 12.2. The largest absolute Gasteiger partial charge is 0.460 e. The summed E-state index contributed by atoms with van der Waals surface area (Å²) in [5, 5.41) is 0. The predicted molar refractivity (Wildman–Crippen MR) is 126 cm³/mol. The summed E-state index contributed by atoms with van der Waals surface area (Å²) >= 11 is 0. The topological polar surface area (TPSA) is 70.5 Å². The van der Waals surface area contributed by atoms with Crippen molar-refractivity contribution in [3.05, 3.63) is 71.2 Å². The van der Waals surface area contributed by atoms with Crippen LogP contribution in [-0.2, 0) is 6.42 Å². The van der Waals surface area contributed by atoms with E-state index in [4.69, 9.17) is 11.5 Å². The molecule has 4 nitrogen and oxygen atoms in total. The number of hydrogen-bond donors (Lipinski definition) is 2. The molecule has 26 heteroatoms. The van der Waals surface area contributed by atoms with E-state index in [9.17, 15) is 96.6 Å². The zero-order chi connectivity index (χ0) is 40.1. The number of hydrogen-bond acceptors (Lipinski definition) is 4. The Balaban J connectivity index is 2.31. The van der Waals surface area contributed by atoms with Crippen LogP contribution in [0.5, 0.6) is 11.5 Å². The van der Waals surface area contributed by atoms with E-state index in [2.05, 4.69) is 9.47 Å². The Kier molecular flexibility index (Phi) is 11.1. The van der Waals surface area contributed by atoms with E-state index in [1.165, 1.54) is 0 Å². The van der Waals surface area contributed by atoms with Crippen LogP contribution in [0.25, 0.3) is 0 Å². The van der Waals surface area contributed by atoms with Gasteiger partial charge >= 0.3 is 59.9 Å². The molecule has 2 aromatic rings. The van der Waals surface area contributed by atoms with Gasteiger partial charge < -0.3 is 20.9 Å². The fraction of sp³-hybridized carbons (Fsp3) is 0.360. The maximum Gasteiger partial charge on any atom is 0.460 e. The van der Waals surface area contributed by atoms with E-state index in [-0.39, 0.29) is 11.1 Å². The normalized spacial score (nSPS) is 15.3. The summed E-state index contributed by atoms with van der Waals surface area (Å²) in [7, 11) is 0. The number of nitrogens with two attached hydrogens (primary N) is 2. The third-order valence-electron chi connectivity index (χ3n) is 6.14. The van der Waals surface area contributed by atoms with Crippen LogP contribution < -0.4 is 20.9 Å². The standard InChI is InChI=1S/C25H12F22N2O2/c26-14(18(30,31)20(34,35)22(38,39)24(42,43)44)16(28)50-12-3-1-8(6-10(12)48)5-9-2-4-13(11(49)7-9)51-17(29)15(27)19(32,33)21(36,37)23(40,41)25(45,46)47/h1-4,6-7H,5,48-49H2. The Morgan fingerprint density at radius 3 is 0.961 bits per heavy atom. The Morgan fingerprint density at radius 2 is 0.725 bits per heavy atom. The molecule has 51 heavy (non-hydrogen) atoms. The molecule has 0 aliphatic rings. The minimum absolute atomic E-state index is 0.0935. The lowest BCUT2D eigenvalue weighted by molar-refractivity contribution is -0.392. The molecular formula is C25H12F22N2O2. The number of anilines is 2. The lowest BCUT2D eigenvalue weighted by Gasteiger charge is -2.32. The van der Waals surface area contributed by atoms with Gasteiger partial charge in [-0.1, -0.05) is 12.1 Å². The van der Waals surface area contributed by atoms with Gasteiger partial charge in [0.15, 0.2) is 11.5 Å². The second kappa shape index (κ2) is 13.3. The smallest absolute Gasteiger partial charge is 0.427 e. The molecule has 0 bridgehead atoms. The van der Waals surface area contributed by atoms with Crippen molar-refractivity contribution in [2.24, 2.45) is 0 Å². The van der Waals surface area contributed by atoms with E-state index < -0.39 is 101 Å². The molecule has 0 unspecified atom stereocenters. The van der Waals surface area contributed by atoms with Crippen LogP contribution in [0.1, 0.15) is 11.1 Å². The number of rotatable bonds is 12. The second-order valence-corrected chi connectivity index (χ2v) is 9.74. The molecule has 2 aromatic carbocycles. The van der Waals surface area contributed by atoms with E-state index in [1.54, 1.807) is 0 Å². The average molecular weight is 790 g/mol. The Labute approximate surface area is 266 Å². The molecule has 0 aliphatic carbocycles. The summed E-state index contributed by atoms with van der Waals surface area (Å²) in [6.45, 7) is 0. The van der Waals surface area contributed by atoms with Crippen molar-refractivity contribution in [3.8, 4) is 11.5 Å². The lowest BCUT2D eigenvalue weighted by atomic mass is 10.0. The lowest BCUT2D eigenvalue weighted by Crippen LogP contribution is -2.61. The van der Waals surface area contributed by atoms with E-state index in [0.29, 0.717) is 24.3 Å². The first-order valence-corrected chi connectivity index (χ1v) is 12.2. The molecule has 0 amide bonds. The van der Waals surface area contributed by atoms with Crippen LogP contribution in [0.15, 0.2) is 60.1 Å². The molecule has 0 radical (unpaired) electrons. The van der Waals surface area contributed by atoms with Gasteiger partial charge in [0.1, 0.15) is 0 Å². The average Bonchev–Trinajstić information content (AvgIpc) is 2.97. The maximum absolute atomic E-state index is 13.9. The zero-order valence-electron chi connectivity index (χ0n) is 23.5. The van der Waals surface area contributed by atoms with Gasteiger partial charge in [0.25, 0.3) is 0 Å². The predicted octanol–water partition coefficient (Wildman–Crippen LogP) is 10.4. The molecule has 0 spiro atoms. The highest BCUT2D eigenvalue weighted by atomic mass is 19.4. The van der Waals surface area contributed by atoms with Gasteiger partial charge in [-0.2, -0.15) is 96.6 Å². The van der Waals surface area contributed by atoms with Crippen LogP contribution >= 0.6 is 0 Å². The first kappa shape index (κ1) is 42.7. The summed E-state index contributed by atoms with van der Waals surface area (Å²) in [4.78, 5) is 0. The van der Waals surface area contributed by atoms with Crippen molar-refractivity contribution in [2.45, 2.75) is 54.3 Å². The van der Waals surface area contributed by atoms with Crippen molar-refractivity contribution in [1.29, 1.82) is 0 Å². The van der Waals surface area contributed by atoms with Crippen LogP contribution in [0.3, 0.4) is 0 Å². The van der Waals surface area contributed by atoms with Crippen molar-refractivity contribution >= 4 is 11.4 Å². The van der Waals surface area contributed by atoms with Gasteiger partial charge in [-0.25, -0.2) is 0 Å². The number of allylic oxidation sites excluding steroid dienone is 2. The first-order chi connectivity index (χ1) is 22.6. The molecule has 0 atom stereocenters. The number of ether oxygens (including phenoxy) is 2. The maximum atomic E-state index is 13.9. The number of alkyl halides is 18. The van der Waals surface area contributed by atoms with Gasteiger partial charge in [-0.15, -0.1) is 0 Å². The third-order valence-corrected chi connectivity index (χ3v) is 6.14. The van der Waals surface area contributed by atoms with Gasteiger partial charge in [0, 0.05) is 0 Å². The fourth-order valence-corrected chi connectivity index (χ4v) is 3.39. The molecule has 0 aromatic heterocycles. The molecule has 0 saturated heterocycles. The molecule has 0 saturated carbocycles. The highest BCUT2D eigenvalue weighted by molar-refractivity contribution is 5.58. The van der Waals surface area contributed by atoms with Crippen LogP contribution in [0.2, 0.25) is 0 Å². The summed E-state index contributed by atoms with van der Waals surface area (Å²) in [6, 6.07) is -2.93. The van der Waals surface area contributed by atoms with Gasteiger partial charge in [0.05, 0.1) is 11.4 Å². The van der Waals surface area contributed by atoms with E-state index in [0.717, 1.165) is 12.1 Å².